The summed E-state index contributed by atoms with van der Waals surface area (Å²) in [5.41, 5.74) is 0.948. The van der Waals surface area contributed by atoms with Gasteiger partial charge in [0.25, 0.3) is 0 Å². The van der Waals surface area contributed by atoms with Crippen molar-refractivity contribution >= 4 is 11.8 Å². The van der Waals surface area contributed by atoms with Crippen LogP contribution in [0.3, 0.4) is 0 Å². The summed E-state index contributed by atoms with van der Waals surface area (Å²) in [6, 6.07) is 7.48. The van der Waals surface area contributed by atoms with Crippen LogP contribution in [0, 0.1) is 11.8 Å². The molecule has 128 valence electrons. The van der Waals surface area contributed by atoms with Crippen LogP contribution in [0.15, 0.2) is 24.3 Å². The summed E-state index contributed by atoms with van der Waals surface area (Å²) in [5, 5.41) is 0. The van der Waals surface area contributed by atoms with Crippen LogP contribution < -0.4 is 4.74 Å². The van der Waals surface area contributed by atoms with E-state index >= 15 is 0 Å². The van der Waals surface area contributed by atoms with E-state index in [9.17, 15) is 9.59 Å². The molecule has 0 N–H and O–H groups in total. The quantitative estimate of drug-likeness (QED) is 0.654. The van der Waals surface area contributed by atoms with Gasteiger partial charge in [0, 0.05) is 12.3 Å². The van der Waals surface area contributed by atoms with E-state index in [4.69, 9.17) is 14.2 Å². The Balaban J connectivity index is 2.82. The summed E-state index contributed by atoms with van der Waals surface area (Å²) in [5.74, 6) is -0.417. The lowest BCUT2D eigenvalue weighted by molar-refractivity contribution is -0.154. The molecule has 0 aliphatic heterocycles. The van der Waals surface area contributed by atoms with Crippen LogP contribution in [0.2, 0.25) is 0 Å². The molecular formula is C18H26O5. The third kappa shape index (κ3) is 5.36. The summed E-state index contributed by atoms with van der Waals surface area (Å²) < 4.78 is 15.8. The van der Waals surface area contributed by atoms with Crippen molar-refractivity contribution in [3.05, 3.63) is 29.8 Å². The zero-order valence-corrected chi connectivity index (χ0v) is 14.5. The number of benzene rings is 1. The number of methoxy groups -OCH3 is 2. The fourth-order valence-electron chi connectivity index (χ4n) is 2.46. The van der Waals surface area contributed by atoms with Crippen molar-refractivity contribution in [2.45, 2.75) is 39.9 Å². The first-order chi connectivity index (χ1) is 10.9. The highest BCUT2D eigenvalue weighted by Gasteiger charge is 2.33. The Bertz CT molecular complexity index is 487. The van der Waals surface area contributed by atoms with E-state index in [1.807, 2.05) is 31.2 Å². The smallest absolute Gasteiger partial charge is 0.311 e. The van der Waals surface area contributed by atoms with Gasteiger partial charge < -0.3 is 14.2 Å². The van der Waals surface area contributed by atoms with Crippen LogP contribution in [-0.4, -0.2) is 32.1 Å². The van der Waals surface area contributed by atoms with Crippen LogP contribution >= 0.6 is 0 Å². The fraction of sp³-hybridized carbons (Fsp3) is 0.556. The molecule has 3 atom stereocenters. The van der Waals surface area contributed by atoms with Crippen LogP contribution in [0.4, 0.5) is 0 Å². The molecule has 5 nitrogen and oxygen atoms in total. The second-order valence-corrected chi connectivity index (χ2v) is 5.54. The molecule has 0 unspecified atom stereocenters. The minimum absolute atomic E-state index is 0.0699. The summed E-state index contributed by atoms with van der Waals surface area (Å²) in [7, 11) is 2.95. The second-order valence-electron chi connectivity index (χ2n) is 5.54. The lowest BCUT2D eigenvalue weighted by Gasteiger charge is -2.27. The molecule has 0 spiro atoms. The molecule has 0 saturated carbocycles. The van der Waals surface area contributed by atoms with Crippen LogP contribution in [0.1, 0.15) is 32.8 Å². The van der Waals surface area contributed by atoms with Crippen molar-refractivity contribution in [3.8, 4) is 5.75 Å². The Morgan fingerprint density at radius 3 is 2.13 bits per heavy atom. The van der Waals surface area contributed by atoms with Gasteiger partial charge in [-0.15, -0.1) is 0 Å². The molecule has 0 aliphatic carbocycles. The average Bonchev–Trinajstić information content (AvgIpc) is 2.60. The SMILES string of the molecule is CCC(=O)[C@@H](C)[C@H](OCc1ccc(OC)cc1)[C@@H](C)C(=O)OC. The molecule has 0 radical (unpaired) electrons. The van der Waals surface area contributed by atoms with Gasteiger partial charge in [-0.2, -0.15) is 0 Å². The molecule has 0 heterocycles. The third-order valence-electron chi connectivity index (χ3n) is 4.02. The van der Waals surface area contributed by atoms with Gasteiger partial charge in [-0.3, -0.25) is 9.59 Å². The average molecular weight is 322 g/mol. The van der Waals surface area contributed by atoms with Crippen LogP contribution in [0.25, 0.3) is 0 Å². The van der Waals surface area contributed by atoms with Crippen molar-refractivity contribution in [1.82, 2.24) is 0 Å². The standard InChI is InChI=1S/C18H26O5/c1-6-16(19)12(2)17(13(3)18(20)22-5)23-11-14-7-9-15(21-4)10-8-14/h7-10,12-13,17H,6,11H2,1-5H3/t12-,13-,17+/m1/s1. The van der Waals surface area contributed by atoms with Crippen molar-refractivity contribution < 1.29 is 23.8 Å². The first kappa shape index (κ1) is 19.2. The molecule has 23 heavy (non-hydrogen) atoms. The number of carbonyl (C=O) groups excluding carboxylic acids is 2. The largest absolute Gasteiger partial charge is 0.497 e. The predicted octanol–water partition coefficient (Wildman–Crippen LogP) is 3.00. The minimum atomic E-state index is -0.517. The van der Waals surface area contributed by atoms with Gasteiger partial charge in [0.05, 0.1) is 32.8 Å². The van der Waals surface area contributed by atoms with Gasteiger partial charge in [-0.25, -0.2) is 0 Å². The highest BCUT2D eigenvalue weighted by molar-refractivity contribution is 5.82. The molecule has 0 aliphatic rings. The first-order valence-electron chi connectivity index (χ1n) is 7.79. The number of carbonyl (C=O) groups is 2. The van der Waals surface area contributed by atoms with Crippen molar-refractivity contribution in [2.24, 2.45) is 11.8 Å². The van der Waals surface area contributed by atoms with E-state index < -0.39 is 12.0 Å². The maximum Gasteiger partial charge on any atom is 0.311 e. The van der Waals surface area contributed by atoms with E-state index in [1.54, 1.807) is 21.0 Å². The summed E-state index contributed by atoms with van der Waals surface area (Å²) in [4.78, 5) is 23.8. The van der Waals surface area contributed by atoms with E-state index in [0.717, 1.165) is 11.3 Å². The maximum atomic E-state index is 12.0. The van der Waals surface area contributed by atoms with E-state index in [-0.39, 0.29) is 17.7 Å². The molecule has 1 aromatic rings. The number of ether oxygens (including phenoxy) is 3. The summed E-state index contributed by atoms with van der Waals surface area (Å²) in [6.45, 7) is 5.65. The molecule has 1 aromatic carbocycles. The zero-order valence-electron chi connectivity index (χ0n) is 14.5. The molecule has 0 saturated heterocycles. The van der Waals surface area contributed by atoms with Crippen molar-refractivity contribution in [2.75, 3.05) is 14.2 Å². The Morgan fingerprint density at radius 2 is 1.65 bits per heavy atom. The van der Waals surface area contributed by atoms with E-state index in [0.29, 0.717) is 13.0 Å². The molecule has 1 rings (SSSR count). The van der Waals surface area contributed by atoms with Crippen LogP contribution in [-0.2, 0) is 25.7 Å². The molecule has 0 aromatic heterocycles. The Hall–Kier alpha value is -1.88. The van der Waals surface area contributed by atoms with E-state index in [2.05, 4.69) is 0 Å². The topological polar surface area (TPSA) is 61.8 Å². The molecule has 5 heteroatoms. The number of rotatable bonds is 9. The van der Waals surface area contributed by atoms with E-state index in [1.165, 1.54) is 7.11 Å². The highest BCUT2D eigenvalue weighted by atomic mass is 16.5. The molecule has 0 bridgehead atoms. The third-order valence-corrected chi connectivity index (χ3v) is 4.02. The summed E-state index contributed by atoms with van der Waals surface area (Å²) >= 11 is 0. The molecule has 0 amide bonds. The molecule has 0 fully saturated rings. The monoisotopic (exact) mass is 322 g/mol. The molecular weight excluding hydrogens is 296 g/mol. The van der Waals surface area contributed by atoms with Gasteiger partial charge in [-0.05, 0) is 24.6 Å². The van der Waals surface area contributed by atoms with Crippen LogP contribution in [0.5, 0.6) is 5.75 Å². The van der Waals surface area contributed by atoms with Crippen molar-refractivity contribution in [1.29, 1.82) is 0 Å². The number of ketones is 1. The van der Waals surface area contributed by atoms with Gasteiger partial charge in [-0.1, -0.05) is 26.0 Å². The maximum absolute atomic E-state index is 12.0. The normalized spacial score (nSPS) is 14.7. The predicted molar refractivity (Wildman–Crippen MR) is 87.2 cm³/mol. The lowest BCUT2D eigenvalue weighted by atomic mass is 9.89. The zero-order chi connectivity index (χ0) is 17.4. The van der Waals surface area contributed by atoms with Gasteiger partial charge in [0.1, 0.15) is 11.5 Å². The number of Topliss-reactive ketones (excluding diaryl/α,β-unsaturated/α-hetero) is 1. The summed E-state index contributed by atoms with van der Waals surface area (Å²) in [6.07, 6.45) is -0.103. The van der Waals surface area contributed by atoms with Crippen molar-refractivity contribution in [3.63, 3.8) is 0 Å². The fourth-order valence-corrected chi connectivity index (χ4v) is 2.46. The highest BCUT2D eigenvalue weighted by Crippen LogP contribution is 2.22. The van der Waals surface area contributed by atoms with Gasteiger partial charge in [0.15, 0.2) is 0 Å². The number of hydrogen-bond acceptors (Lipinski definition) is 5. The van der Waals surface area contributed by atoms with Gasteiger partial charge in [0.2, 0.25) is 0 Å². The second kappa shape index (κ2) is 9.30. The Kier molecular flexibility index (Phi) is 7.75. The first-order valence-corrected chi connectivity index (χ1v) is 7.79. The lowest BCUT2D eigenvalue weighted by Crippen LogP contribution is -2.38. The number of hydrogen-bond donors (Lipinski definition) is 0. The van der Waals surface area contributed by atoms with Gasteiger partial charge >= 0.3 is 5.97 Å². The number of esters is 1. The Morgan fingerprint density at radius 1 is 1.04 bits per heavy atom. The Labute approximate surface area is 137 Å². The minimum Gasteiger partial charge on any atom is -0.497 e.